The van der Waals surface area contributed by atoms with Crippen LogP contribution in [0.15, 0.2) is 49.1 Å². The number of fused-ring (bicyclic) bond motifs is 1. The van der Waals surface area contributed by atoms with Crippen molar-refractivity contribution in [1.82, 2.24) is 24.4 Å². The Kier molecular flexibility index (Phi) is 6.08. The average Bonchev–Trinajstić information content (AvgIpc) is 3.58. The molecule has 6 N–H and O–H groups in total. The molecule has 2 atom stereocenters. The molecule has 0 spiro atoms. The molecule has 5 rings (SSSR count). The number of aliphatic hydroxyl groups excluding tert-OH is 1. The van der Waals surface area contributed by atoms with Crippen molar-refractivity contribution in [3.05, 3.63) is 53.9 Å². The first-order valence-corrected chi connectivity index (χ1v) is 11.8. The molecular formula is C23H22N8O4S. The summed E-state index contributed by atoms with van der Waals surface area (Å²) in [4.78, 5) is 52.1. The Balaban J connectivity index is 1.29. The highest BCUT2D eigenvalue weighted by molar-refractivity contribution is 7.17. The second-order valence-corrected chi connectivity index (χ2v) is 9.45. The Labute approximate surface area is 208 Å². The highest BCUT2D eigenvalue weighted by Gasteiger charge is 2.38. The van der Waals surface area contributed by atoms with E-state index in [0.717, 1.165) is 10.4 Å². The highest BCUT2D eigenvalue weighted by atomic mass is 32.1. The van der Waals surface area contributed by atoms with Crippen LogP contribution in [0.4, 0.5) is 11.5 Å². The molecule has 36 heavy (non-hydrogen) atoms. The van der Waals surface area contributed by atoms with Crippen LogP contribution < -0.4 is 16.8 Å². The van der Waals surface area contributed by atoms with Gasteiger partial charge in [-0.3, -0.25) is 14.4 Å². The number of nitrogens with zero attached hydrogens (tertiary/aromatic N) is 5. The van der Waals surface area contributed by atoms with Crippen molar-refractivity contribution < 1.29 is 19.5 Å². The highest BCUT2D eigenvalue weighted by Crippen LogP contribution is 2.32. The molecule has 0 aliphatic carbocycles. The number of likely N-dealkylation sites (tertiary alicyclic amines) is 1. The van der Waals surface area contributed by atoms with Crippen LogP contribution in [0.2, 0.25) is 0 Å². The maximum atomic E-state index is 13.0. The number of thiophene rings is 1. The number of nitrogen functional groups attached to an aromatic ring is 1. The van der Waals surface area contributed by atoms with Gasteiger partial charge in [0.2, 0.25) is 11.8 Å². The molecule has 1 aliphatic rings. The molecular weight excluding hydrogens is 484 g/mol. The van der Waals surface area contributed by atoms with Gasteiger partial charge in [0.05, 0.1) is 17.3 Å². The molecule has 4 heterocycles. The molecule has 184 valence electrons. The number of primary amides is 1. The largest absolute Gasteiger partial charge is 0.391 e. The van der Waals surface area contributed by atoms with Crippen molar-refractivity contribution in [2.45, 2.75) is 25.1 Å². The topological polar surface area (TPSA) is 182 Å². The van der Waals surface area contributed by atoms with Gasteiger partial charge in [0.25, 0.3) is 5.91 Å². The molecule has 3 aromatic heterocycles. The first kappa shape index (κ1) is 23.4. The smallest absolute Gasteiger partial charge is 0.264 e. The molecule has 12 nitrogen and oxygen atoms in total. The van der Waals surface area contributed by atoms with Crippen molar-refractivity contribution >= 4 is 51.7 Å². The molecule has 1 aliphatic heterocycles. The number of carbonyl (C=O) groups is 3. The molecule has 1 fully saturated rings. The van der Waals surface area contributed by atoms with Crippen molar-refractivity contribution in [3.8, 4) is 10.4 Å². The number of rotatable bonds is 6. The fraction of sp³-hybridized carbons (Fsp3) is 0.217. The predicted octanol–water partition coefficient (Wildman–Crippen LogP) is 0.836. The molecule has 4 aromatic rings. The number of aliphatic hydroxyl groups is 1. The van der Waals surface area contributed by atoms with Gasteiger partial charge in [0, 0.05) is 23.5 Å². The van der Waals surface area contributed by atoms with Gasteiger partial charge in [-0.05, 0) is 29.8 Å². The number of aromatic nitrogens is 4. The van der Waals surface area contributed by atoms with Crippen LogP contribution in [0.3, 0.4) is 0 Å². The van der Waals surface area contributed by atoms with Crippen LogP contribution in [0.25, 0.3) is 21.6 Å². The van der Waals surface area contributed by atoms with E-state index >= 15 is 0 Å². The third-order valence-electron chi connectivity index (χ3n) is 5.86. The number of nitrogens with one attached hydrogen (secondary N) is 1. The van der Waals surface area contributed by atoms with Crippen molar-refractivity contribution in [1.29, 1.82) is 0 Å². The lowest BCUT2D eigenvalue weighted by Gasteiger charge is -2.20. The summed E-state index contributed by atoms with van der Waals surface area (Å²) < 4.78 is 1.58. The van der Waals surface area contributed by atoms with E-state index in [4.69, 9.17) is 11.5 Å². The van der Waals surface area contributed by atoms with Gasteiger partial charge >= 0.3 is 0 Å². The fourth-order valence-electron chi connectivity index (χ4n) is 4.18. The van der Waals surface area contributed by atoms with Crippen molar-refractivity contribution in [2.24, 2.45) is 5.73 Å². The second kappa shape index (κ2) is 9.36. The minimum atomic E-state index is -0.827. The maximum Gasteiger partial charge on any atom is 0.264 e. The number of nitrogens with two attached hydrogens (primary N) is 2. The van der Waals surface area contributed by atoms with E-state index in [1.54, 1.807) is 34.9 Å². The minimum absolute atomic E-state index is 0.0163. The van der Waals surface area contributed by atoms with Crippen LogP contribution in [0, 0.1) is 0 Å². The Morgan fingerprint density at radius 1 is 1.17 bits per heavy atom. The number of carbonyl (C=O) groups excluding carboxylic acids is 3. The number of amides is 3. The lowest BCUT2D eigenvalue weighted by atomic mass is 10.1. The lowest BCUT2D eigenvalue weighted by molar-refractivity contribution is -0.121. The summed E-state index contributed by atoms with van der Waals surface area (Å²) in [5.41, 5.74) is 13.5. The Bertz CT molecular complexity index is 1480. The van der Waals surface area contributed by atoms with E-state index in [1.807, 2.05) is 6.07 Å². The molecule has 0 saturated carbocycles. The quantitative estimate of drug-likeness (QED) is 0.296. The summed E-state index contributed by atoms with van der Waals surface area (Å²) in [5.74, 6) is -1.03. The summed E-state index contributed by atoms with van der Waals surface area (Å²) in [7, 11) is 0. The van der Waals surface area contributed by atoms with Crippen LogP contribution in [-0.4, -0.2) is 65.9 Å². The summed E-state index contributed by atoms with van der Waals surface area (Å²) in [6.45, 7) is 0.0452. The first-order valence-electron chi connectivity index (χ1n) is 11.0. The van der Waals surface area contributed by atoms with Gasteiger partial charge in [-0.25, -0.2) is 15.0 Å². The molecule has 3 amide bonds. The fourth-order valence-corrected chi connectivity index (χ4v) is 5.14. The third kappa shape index (κ3) is 4.48. The molecule has 1 saturated heterocycles. The molecule has 1 aromatic carbocycles. The number of anilines is 2. The van der Waals surface area contributed by atoms with E-state index in [0.29, 0.717) is 21.7 Å². The Morgan fingerprint density at radius 2 is 2.00 bits per heavy atom. The van der Waals surface area contributed by atoms with E-state index in [-0.39, 0.29) is 37.1 Å². The molecule has 13 heteroatoms. The number of imidazole rings is 1. The summed E-state index contributed by atoms with van der Waals surface area (Å²) in [6.07, 6.45) is 2.15. The van der Waals surface area contributed by atoms with E-state index < -0.39 is 18.1 Å². The molecule has 0 unspecified atom stereocenters. The molecule has 0 radical (unpaired) electrons. The standard InChI is InChI=1S/C23H22N8O4S/c24-20-19-22(27-10-26-20)30(11-28-19)9-18(33)29-13-3-1-2-12(6-13)16-4-5-17(36-16)23(35)31-8-14(32)7-15(31)21(25)34/h1-6,10-11,14-15,32H,7-9H2,(H2,25,34)(H,29,33)(H2,24,26,27)/t14-,15+/m1/s1. The van der Waals surface area contributed by atoms with Crippen LogP contribution in [0.5, 0.6) is 0 Å². The zero-order valence-electron chi connectivity index (χ0n) is 18.9. The van der Waals surface area contributed by atoms with Gasteiger partial charge in [0.15, 0.2) is 11.5 Å². The Morgan fingerprint density at radius 3 is 2.81 bits per heavy atom. The predicted molar refractivity (Wildman–Crippen MR) is 133 cm³/mol. The number of β-amino-alcohol motifs (C(OH)–C–C–N with tert-alkyl or cyclic N) is 1. The number of hydrogen-bond acceptors (Lipinski definition) is 9. The van der Waals surface area contributed by atoms with E-state index in [2.05, 4.69) is 20.3 Å². The SMILES string of the molecule is NC(=O)[C@@H]1C[C@@H](O)CN1C(=O)c1ccc(-c2cccc(NC(=O)Cn3cnc4c(N)ncnc43)c2)s1. The van der Waals surface area contributed by atoms with Gasteiger partial charge in [-0.15, -0.1) is 11.3 Å². The lowest BCUT2D eigenvalue weighted by Crippen LogP contribution is -2.43. The minimum Gasteiger partial charge on any atom is -0.391 e. The summed E-state index contributed by atoms with van der Waals surface area (Å²) in [5, 5.41) is 12.8. The Hall–Kier alpha value is -4.36. The number of hydrogen-bond donors (Lipinski definition) is 4. The van der Waals surface area contributed by atoms with Gasteiger partial charge < -0.3 is 31.4 Å². The van der Waals surface area contributed by atoms with Crippen LogP contribution in [0.1, 0.15) is 16.1 Å². The van der Waals surface area contributed by atoms with Gasteiger partial charge in [-0.1, -0.05) is 12.1 Å². The normalized spacial score (nSPS) is 17.4. The summed E-state index contributed by atoms with van der Waals surface area (Å²) >= 11 is 1.25. The second-order valence-electron chi connectivity index (χ2n) is 8.36. The average molecular weight is 507 g/mol. The van der Waals surface area contributed by atoms with E-state index in [9.17, 15) is 19.5 Å². The third-order valence-corrected chi connectivity index (χ3v) is 6.98. The van der Waals surface area contributed by atoms with Crippen molar-refractivity contribution in [3.63, 3.8) is 0 Å². The monoisotopic (exact) mass is 506 g/mol. The van der Waals surface area contributed by atoms with Gasteiger partial charge in [0.1, 0.15) is 24.4 Å². The van der Waals surface area contributed by atoms with Crippen LogP contribution in [-0.2, 0) is 16.1 Å². The van der Waals surface area contributed by atoms with Gasteiger partial charge in [-0.2, -0.15) is 0 Å². The van der Waals surface area contributed by atoms with E-state index in [1.165, 1.54) is 28.9 Å². The maximum absolute atomic E-state index is 13.0. The zero-order chi connectivity index (χ0) is 25.4. The number of benzene rings is 1. The molecule has 0 bridgehead atoms. The first-order chi connectivity index (χ1) is 17.3. The zero-order valence-corrected chi connectivity index (χ0v) is 19.7. The van der Waals surface area contributed by atoms with Crippen molar-refractivity contribution in [2.75, 3.05) is 17.6 Å². The van der Waals surface area contributed by atoms with Crippen LogP contribution >= 0.6 is 11.3 Å². The summed E-state index contributed by atoms with van der Waals surface area (Å²) in [6, 6.07) is 9.87.